The molecule has 0 fully saturated rings. The summed E-state index contributed by atoms with van der Waals surface area (Å²) >= 11 is 0. The molecular weight excluding hydrogens is 150 g/mol. The molecule has 0 N–H and O–H groups in total. The molecule has 1 radical (unpaired) electrons. The highest BCUT2D eigenvalue weighted by atomic mass is 32.2. The lowest BCUT2D eigenvalue weighted by Crippen LogP contribution is -2.24. The first-order valence-corrected chi connectivity index (χ1v) is 4.81. The molecule has 3 nitrogen and oxygen atoms in total. The Kier molecular flexibility index (Phi) is 3.89. The van der Waals surface area contributed by atoms with E-state index in [9.17, 15) is 8.42 Å². The number of rotatable bonds is 4. The summed E-state index contributed by atoms with van der Waals surface area (Å²) in [5.41, 5.74) is 0. The first-order valence-electron chi connectivity index (χ1n) is 3.20. The van der Waals surface area contributed by atoms with E-state index in [1.54, 1.807) is 14.1 Å². The number of sulfonamides is 1. The maximum Gasteiger partial charge on any atom is 0.213 e. The zero-order valence-corrected chi connectivity index (χ0v) is 7.32. The highest BCUT2D eigenvalue weighted by Gasteiger charge is 2.11. The van der Waals surface area contributed by atoms with Crippen LogP contribution in [-0.2, 0) is 10.0 Å². The van der Waals surface area contributed by atoms with Gasteiger partial charge in [-0.2, -0.15) is 0 Å². The van der Waals surface area contributed by atoms with Crippen molar-refractivity contribution in [2.24, 2.45) is 0 Å². The molecule has 0 spiro atoms. The second-order valence-corrected chi connectivity index (χ2v) is 4.61. The summed E-state index contributed by atoms with van der Waals surface area (Å²) < 4.78 is 23.2. The minimum atomic E-state index is -2.97. The number of hydrogen-bond donors (Lipinski definition) is 0. The molecule has 0 aliphatic heterocycles. The van der Waals surface area contributed by atoms with Crippen LogP contribution >= 0.6 is 0 Å². The summed E-state index contributed by atoms with van der Waals surface area (Å²) in [6.45, 7) is 3.57. The largest absolute Gasteiger partial charge is 0.213 e. The third-order valence-corrected chi connectivity index (χ3v) is 3.13. The maximum absolute atomic E-state index is 11.0. The van der Waals surface area contributed by atoms with Crippen molar-refractivity contribution in [1.82, 2.24) is 4.31 Å². The van der Waals surface area contributed by atoms with Gasteiger partial charge in [0, 0.05) is 14.1 Å². The average molecular weight is 164 g/mol. The Morgan fingerprint density at radius 1 is 1.40 bits per heavy atom. The van der Waals surface area contributed by atoms with Gasteiger partial charge in [-0.15, -0.1) is 0 Å². The molecule has 0 aromatic carbocycles. The van der Waals surface area contributed by atoms with Crippen LogP contribution in [0, 0.1) is 6.92 Å². The van der Waals surface area contributed by atoms with Crippen LogP contribution in [0.25, 0.3) is 0 Å². The fourth-order valence-corrected chi connectivity index (χ4v) is 1.40. The molecule has 0 rings (SSSR count). The number of nitrogens with zero attached hydrogens (tertiary/aromatic N) is 1. The third-order valence-electron chi connectivity index (χ3n) is 1.21. The van der Waals surface area contributed by atoms with Crippen molar-refractivity contribution >= 4 is 10.0 Å². The van der Waals surface area contributed by atoms with Crippen LogP contribution in [0.2, 0.25) is 0 Å². The van der Waals surface area contributed by atoms with Crippen molar-refractivity contribution in [3.05, 3.63) is 6.92 Å². The lowest BCUT2D eigenvalue weighted by Gasteiger charge is -2.09. The van der Waals surface area contributed by atoms with Crippen LogP contribution in [0.15, 0.2) is 0 Å². The molecule has 0 aliphatic rings. The molecule has 0 aromatic rings. The number of hydrogen-bond acceptors (Lipinski definition) is 2. The monoisotopic (exact) mass is 164 g/mol. The van der Waals surface area contributed by atoms with E-state index in [1.165, 1.54) is 4.31 Å². The topological polar surface area (TPSA) is 37.4 Å². The summed E-state index contributed by atoms with van der Waals surface area (Å²) in [6, 6.07) is 0. The highest BCUT2D eigenvalue weighted by Crippen LogP contribution is 1.98. The molecule has 0 heterocycles. The minimum absolute atomic E-state index is 0.212. The molecular formula is C6H14NO2S. The summed E-state index contributed by atoms with van der Waals surface area (Å²) in [5, 5.41) is 0. The van der Waals surface area contributed by atoms with Gasteiger partial charge in [0.2, 0.25) is 10.0 Å². The predicted octanol–water partition coefficient (Wildman–Crippen LogP) is 0.492. The average Bonchev–Trinajstić information content (AvgIpc) is 1.84. The summed E-state index contributed by atoms with van der Waals surface area (Å²) in [7, 11) is 0.113. The minimum Gasteiger partial charge on any atom is -0.212 e. The second-order valence-electron chi connectivity index (χ2n) is 2.31. The van der Waals surface area contributed by atoms with Gasteiger partial charge in [0.1, 0.15) is 0 Å². The van der Waals surface area contributed by atoms with Crippen LogP contribution < -0.4 is 0 Å². The van der Waals surface area contributed by atoms with Crippen molar-refractivity contribution < 1.29 is 8.42 Å². The zero-order valence-electron chi connectivity index (χ0n) is 6.50. The third kappa shape index (κ3) is 3.17. The van der Waals surface area contributed by atoms with Crippen molar-refractivity contribution in [3.63, 3.8) is 0 Å². The van der Waals surface area contributed by atoms with Gasteiger partial charge in [-0.1, -0.05) is 13.3 Å². The van der Waals surface area contributed by atoms with Gasteiger partial charge in [-0.3, -0.25) is 0 Å². The molecule has 10 heavy (non-hydrogen) atoms. The molecule has 0 amide bonds. The fraction of sp³-hybridized carbons (Fsp3) is 0.833. The SMILES string of the molecule is [CH2]CCCS(=O)(=O)N(C)C. The summed E-state index contributed by atoms with van der Waals surface area (Å²) in [6.07, 6.45) is 1.31. The van der Waals surface area contributed by atoms with E-state index in [0.717, 1.165) is 0 Å². The van der Waals surface area contributed by atoms with E-state index in [-0.39, 0.29) is 5.75 Å². The lowest BCUT2D eigenvalue weighted by atomic mass is 10.4. The van der Waals surface area contributed by atoms with E-state index in [4.69, 9.17) is 0 Å². The molecule has 4 heteroatoms. The smallest absolute Gasteiger partial charge is 0.212 e. The van der Waals surface area contributed by atoms with Crippen molar-refractivity contribution in [1.29, 1.82) is 0 Å². The van der Waals surface area contributed by atoms with Gasteiger partial charge in [-0.05, 0) is 6.42 Å². The Morgan fingerprint density at radius 2 is 1.90 bits per heavy atom. The standard InChI is InChI=1S/C6H14NO2S/c1-4-5-6-10(8,9)7(2)3/h1,4-6H2,2-3H3. The number of unbranched alkanes of at least 4 members (excludes halogenated alkanes) is 1. The Hall–Kier alpha value is -0.0900. The van der Waals surface area contributed by atoms with E-state index in [1.807, 2.05) is 0 Å². The lowest BCUT2D eigenvalue weighted by molar-refractivity contribution is 0.518. The molecule has 0 atom stereocenters. The molecule has 0 saturated heterocycles. The summed E-state index contributed by atoms with van der Waals surface area (Å²) in [5.74, 6) is 0.212. The van der Waals surface area contributed by atoms with E-state index in [0.29, 0.717) is 12.8 Å². The van der Waals surface area contributed by atoms with Crippen LogP contribution in [-0.4, -0.2) is 32.6 Å². The Labute approximate surface area is 63.1 Å². The van der Waals surface area contributed by atoms with Crippen molar-refractivity contribution in [3.8, 4) is 0 Å². The van der Waals surface area contributed by atoms with Crippen molar-refractivity contribution in [2.45, 2.75) is 12.8 Å². The van der Waals surface area contributed by atoms with Gasteiger partial charge >= 0.3 is 0 Å². The van der Waals surface area contributed by atoms with E-state index < -0.39 is 10.0 Å². The molecule has 61 valence electrons. The van der Waals surface area contributed by atoms with Crippen LogP contribution in [0.5, 0.6) is 0 Å². The zero-order chi connectivity index (χ0) is 8.20. The quantitative estimate of drug-likeness (QED) is 0.606. The van der Waals surface area contributed by atoms with Crippen LogP contribution in [0.1, 0.15) is 12.8 Å². The van der Waals surface area contributed by atoms with E-state index >= 15 is 0 Å². The first kappa shape index (κ1) is 9.91. The Morgan fingerprint density at radius 3 is 2.20 bits per heavy atom. The molecule has 0 aliphatic carbocycles. The van der Waals surface area contributed by atoms with Gasteiger partial charge in [-0.25, -0.2) is 12.7 Å². The maximum atomic E-state index is 11.0. The van der Waals surface area contributed by atoms with Crippen molar-refractivity contribution in [2.75, 3.05) is 19.8 Å². The molecule has 0 saturated carbocycles. The highest BCUT2D eigenvalue weighted by molar-refractivity contribution is 7.89. The first-order chi connectivity index (χ1) is 4.50. The van der Waals surface area contributed by atoms with Gasteiger partial charge in [0.05, 0.1) is 5.75 Å². The van der Waals surface area contributed by atoms with Gasteiger partial charge < -0.3 is 0 Å². The van der Waals surface area contributed by atoms with Crippen LogP contribution in [0.3, 0.4) is 0 Å². The molecule has 0 aromatic heterocycles. The molecule has 0 bridgehead atoms. The Bertz CT molecular complexity index is 172. The summed E-state index contributed by atoms with van der Waals surface area (Å²) in [4.78, 5) is 0. The second kappa shape index (κ2) is 3.93. The predicted molar refractivity (Wildman–Crippen MR) is 42.1 cm³/mol. The van der Waals surface area contributed by atoms with E-state index in [2.05, 4.69) is 6.92 Å². The Balaban J connectivity index is 3.90. The van der Waals surface area contributed by atoms with Gasteiger partial charge in [0.15, 0.2) is 0 Å². The van der Waals surface area contributed by atoms with Gasteiger partial charge in [0.25, 0.3) is 0 Å². The van der Waals surface area contributed by atoms with Crippen LogP contribution in [0.4, 0.5) is 0 Å². The normalized spacial score (nSPS) is 12.4. The fourth-order valence-electron chi connectivity index (χ4n) is 0.467. The molecule has 0 unspecified atom stereocenters.